The summed E-state index contributed by atoms with van der Waals surface area (Å²) in [5, 5.41) is 31.5. The molecule has 6 heterocycles. The Labute approximate surface area is 276 Å². The highest BCUT2D eigenvalue weighted by molar-refractivity contribution is 7.18. The SMILES string of the molecule is COC(=O)N1CCN(C(=O)N[C@H]2[C@@H]3CC[C@H]2CN(c2nnc(-c4cnc(-c5ccc6cc(C#N)cnn56)cc4NC(C)C)s2)C3)CC1. The highest BCUT2D eigenvalue weighted by Gasteiger charge is 2.44. The molecule has 2 N–H and O–H groups in total. The molecule has 15 heteroatoms. The van der Waals surface area contributed by atoms with Crippen molar-refractivity contribution in [1.82, 2.24) is 39.9 Å². The van der Waals surface area contributed by atoms with Crippen LogP contribution in [0.3, 0.4) is 0 Å². The van der Waals surface area contributed by atoms with Crippen molar-refractivity contribution >= 4 is 39.8 Å². The van der Waals surface area contributed by atoms with E-state index in [1.165, 1.54) is 7.11 Å². The Morgan fingerprint density at radius 2 is 1.79 bits per heavy atom. The summed E-state index contributed by atoms with van der Waals surface area (Å²) in [4.78, 5) is 35.5. The van der Waals surface area contributed by atoms with Crippen molar-refractivity contribution in [2.24, 2.45) is 11.8 Å². The van der Waals surface area contributed by atoms with Crippen LogP contribution in [-0.4, -0.2) is 105 Å². The molecule has 2 aliphatic heterocycles. The maximum Gasteiger partial charge on any atom is 0.409 e. The Balaban J connectivity index is 1.05. The van der Waals surface area contributed by atoms with Crippen molar-refractivity contribution in [2.45, 2.75) is 38.8 Å². The number of rotatable bonds is 6. The summed E-state index contributed by atoms with van der Waals surface area (Å²) in [6.45, 7) is 7.74. The van der Waals surface area contributed by atoms with Gasteiger partial charge in [-0.3, -0.25) is 4.98 Å². The second-order valence-electron chi connectivity index (χ2n) is 12.6. The molecule has 4 aromatic rings. The van der Waals surface area contributed by atoms with E-state index in [-0.39, 0.29) is 24.2 Å². The number of piperidine rings is 1. The molecule has 0 spiro atoms. The average Bonchev–Trinajstić information content (AvgIpc) is 3.79. The van der Waals surface area contributed by atoms with E-state index < -0.39 is 0 Å². The molecule has 4 aromatic heterocycles. The van der Waals surface area contributed by atoms with Crippen LogP contribution in [0.2, 0.25) is 0 Å². The van der Waals surface area contributed by atoms with Gasteiger partial charge in [0.25, 0.3) is 0 Å². The first-order chi connectivity index (χ1) is 22.8. The zero-order chi connectivity index (χ0) is 32.7. The number of hydrogen-bond acceptors (Lipinski definition) is 11. The van der Waals surface area contributed by atoms with Crippen molar-refractivity contribution in [3.05, 3.63) is 42.2 Å². The first kappa shape index (κ1) is 30.7. The van der Waals surface area contributed by atoms with Crippen molar-refractivity contribution in [1.29, 1.82) is 5.26 Å². The molecule has 0 unspecified atom stereocenters. The predicted octanol–water partition coefficient (Wildman–Crippen LogP) is 3.92. The van der Waals surface area contributed by atoms with E-state index in [0.717, 1.165) is 64.2 Å². The summed E-state index contributed by atoms with van der Waals surface area (Å²) in [7, 11) is 1.38. The number of pyridine rings is 1. The van der Waals surface area contributed by atoms with Crippen LogP contribution >= 0.6 is 11.3 Å². The maximum atomic E-state index is 13.2. The van der Waals surface area contributed by atoms with Gasteiger partial charge in [0.1, 0.15) is 6.07 Å². The number of aromatic nitrogens is 5. The van der Waals surface area contributed by atoms with Gasteiger partial charge in [0, 0.05) is 63.2 Å². The van der Waals surface area contributed by atoms with Crippen LogP contribution in [0.25, 0.3) is 27.5 Å². The van der Waals surface area contributed by atoms with Crippen LogP contribution in [0.5, 0.6) is 0 Å². The molecule has 1 aliphatic carbocycles. The van der Waals surface area contributed by atoms with Gasteiger partial charge >= 0.3 is 12.1 Å². The number of amides is 3. The van der Waals surface area contributed by atoms with E-state index in [2.05, 4.69) is 50.7 Å². The smallest absolute Gasteiger partial charge is 0.409 e. The molecule has 0 aromatic carbocycles. The lowest BCUT2D eigenvalue weighted by atomic mass is 9.92. The number of piperazine rings is 1. The number of methoxy groups -OCH3 is 1. The van der Waals surface area contributed by atoms with Crippen LogP contribution in [0.4, 0.5) is 20.4 Å². The number of carbonyl (C=O) groups excluding carboxylic acids is 2. The quantitative estimate of drug-likeness (QED) is 0.312. The van der Waals surface area contributed by atoms with Gasteiger partial charge in [0.05, 0.1) is 41.3 Å². The summed E-state index contributed by atoms with van der Waals surface area (Å²) in [6, 6.07) is 10.1. The minimum absolute atomic E-state index is 0.0555. The molecule has 3 fully saturated rings. The van der Waals surface area contributed by atoms with Gasteiger partial charge in [-0.25, -0.2) is 14.1 Å². The average molecular weight is 656 g/mol. The molecule has 3 aliphatic rings. The first-order valence-corrected chi connectivity index (χ1v) is 16.7. The van der Waals surface area contributed by atoms with Crippen molar-refractivity contribution in [2.75, 3.05) is 56.6 Å². The molecule has 3 atom stereocenters. The summed E-state index contributed by atoms with van der Waals surface area (Å²) >= 11 is 1.56. The van der Waals surface area contributed by atoms with Gasteiger partial charge in [-0.15, -0.1) is 10.2 Å². The van der Waals surface area contributed by atoms with Gasteiger partial charge in [0.2, 0.25) is 5.13 Å². The fourth-order valence-electron chi connectivity index (χ4n) is 6.97. The zero-order valence-electron chi connectivity index (χ0n) is 26.6. The molecule has 3 amide bonds. The predicted molar refractivity (Wildman–Crippen MR) is 177 cm³/mol. The van der Waals surface area contributed by atoms with Crippen LogP contribution in [0.15, 0.2) is 36.7 Å². The van der Waals surface area contributed by atoms with Crippen LogP contribution in [-0.2, 0) is 4.74 Å². The third-order valence-electron chi connectivity index (χ3n) is 9.28. The summed E-state index contributed by atoms with van der Waals surface area (Å²) in [6.07, 6.45) is 5.16. The Hall–Kier alpha value is -4.97. The van der Waals surface area contributed by atoms with Crippen LogP contribution in [0.1, 0.15) is 32.3 Å². The number of fused-ring (bicyclic) bond motifs is 3. The van der Waals surface area contributed by atoms with E-state index in [1.54, 1.807) is 37.9 Å². The Morgan fingerprint density at radius 3 is 2.49 bits per heavy atom. The zero-order valence-corrected chi connectivity index (χ0v) is 27.4. The lowest BCUT2D eigenvalue weighted by Crippen LogP contribution is -2.58. The Morgan fingerprint density at radius 1 is 1.04 bits per heavy atom. The fraction of sp³-hybridized carbons (Fsp3) is 0.469. The molecular weight excluding hydrogens is 618 g/mol. The summed E-state index contributed by atoms with van der Waals surface area (Å²) < 4.78 is 6.60. The van der Waals surface area contributed by atoms with E-state index in [1.807, 2.05) is 24.4 Å². The van der Waals surface area contributed by atoms with Crippen molar-refractivity contribution in [3.63, 3.8) is 0 Å². The molecule has 0 radical (unpaired) electrons. The van der Waals surface area contributed by atoms with Gasteiger partial charge in [-0.2, -0.15) is 10.4 Å². The van der Waals surface area contributed by atoms with Crippen molar-refractivity contribution in [3.8, 4) is 28.0 Å². The monoisotopic (exact) mass is 655 g/mol. The normalized spacial score (nSPS) is 20.8. The van der Waals surface area contributed by atoms with Crippen molar-refractivity contribution < 1.29 is 14.3 Å². The molecular formula is C32H37N11O3S. The second-order valence-corrected chi connectivity index (χ2v) is 13.6. The first-order valence-electron chi connectivity index (χ1n) is 15.9. The third kappa shape index (κ3) is 6.00. The number of ether oxygens (including phenoxy) is 1. The number of nitriles is 1. The summed E-state index contributed by atoms with van der Waals surface area (Å²) in [5.41, 5.74) is 4.70. The minimum atomic E-state index is -0.351. The van der Waals surface area contributed by atoms with Gasteiger partial charge < -0.3 is 30.1 Å². The Bertz CT molecular complexity index is 1830. The number of nitrogens with one attached hydrogen (secondary N) is 2. The maximum absolute atomic E-state index is 13.2. The van der Waals surface area contributed by atoms with E-state index in [9.17, 15) is 14.9 Å². The van der Waals surface area contributed by atoms with Crippen LogP contribution < -0.4 is 15.5 Å². The number of urea groups is 1. The fourth-order valence-corrected chi connectivity index (χ4v) is 7.86. The minimum Gasteiger partial charge on any atom is -0.453 e. The number of carbonyl (C=O) groups is 2. The highest BCUT2D eigenvalue weighted by atomic mass is 32.1. The number of nitrogens with zero attached hydrogens (tertiary/aromatic N) is 9. The highest BCUT2D eigenvalue weighted by Crippen LogP contribution is 2.41. The van der Waals surface area contributed by atoms with E-state index in [0.29, 0.717) is 43.6 Å². The number of anilines is 2. The van der Waals surface area contributed by atoms with Gasteiger partial charge in [-0.05, 0) is 62.8 Å². The molecule has 14 nitrogen and oxygen atoms in total. The van der Waals surface area contributed by atoms with E-state index >= 15 is 0 Å². The van der Waals surface area contributed by atoms with Gasteiger partial charge in [0.15, 0.2) is 5.01 Å². The molecule has 1 saturated carbocycles. The summed E-state index contributed by atoms with van der Waals surface area (Å²) in [5.74, 6) is 0.658. The molecule has 2 bridgehead atoms. The molecule has 244 valence electrons. The molecule has 2 saturated heterocycles. The Kier molecular flexibility index (Phi) is 8.27. The topological polar surface area (TPSA) is 157 Å². The van der Waals surface area contributed by atoms with Crippen LogP contribution in [0, 0.1) is 23.2 Å². The van der Waals surface area contributed by atoms with Gasteiger partial charge in [-0.1, -0.05) is 11.3 Å². The molecule has 7 rings (SSSR count). The third-order valence-corrected chi connectivity index (χ3v) is 10.3. The lowest BCUT2D eigenvalue weighted by Gasteiger charge is -2.40. The second kappa shape index (κ2) is 12.7. The van der Waals surface area contributed by atoms with E-state index in [4.69, 9.17) is 9.72 Å². The standard InChI is InChI=1S/C32H37N11O3S/c1-19(2)36-25-13-26(27-7-6-23-12-20(14-33)15-35-43(23)27)34-16-24(25)29-38-39-31(47-29)42-17-21-4-5-22(18-42)28(21)37-30(44)40-8-10-41(11-9-40)32(45)46-3/h6-7,12-13,15-16,19,21-22,28H,4-5,8-11,17-18H2,1-3H3,(H,34,36)(H,37,44)/t21-,22+,28+. The lowest BCUT2D eigenvalue weighted by molar-refractivity contribution is 0.0955. The largest absolute Gasteiger partial charge is 0.453 e. The number of hydrogen-bond donors (Lipinski definition) is 2. The molecule has 47 heavy (non-hydrogen) atoms.